The van der Waals surface area contributed by atoms with E-state index < -0.39 is 24.5 Å². The lowest BCUT2D eigenvalue weighted by atomic mass is 9.91. The lowest BCUT2D eigenvalue weighted by Gasteiger charge is -2.27. The van der Waals surface area contributed by atoms with Gasteiger partial charge in [0, 0.05) is 87.2 Å². The van der Waals surface area contributed by atoms with E-state index in [0.717, 1.165) is 102 Å². The minimum Gasteiger partial charge on any atom is -0.386 e. The van der Waals surface area contributed by atoms with Gasteiger partial charge in [0.1, 0.15) is 0 Å². The number of ether oxygens (including phenoxy) is 1. The van der Waals surface area contributed by atoms with Crippen molar-refractivity contribution in [2.45, 2.75) is 239 Å². The Morgan fingerprint density at radius 3 is 1.05 bits per heavy atom. The normalized spacial score (nSPS) is 13.7. The number of rotatable bonds is 30. The molecule has 14 rings (SSSR count). The number of halogens is 2. The number of hydrogen-bond donors (Lipinski definition) is 1. The molecule has 0 bridgehead atoms. The van der Waals surface area contributed by atoms with E-state index in [1.165, 1.54) is 237 Å². The second kappa shape index (κ2) is 43.9. The largest absolute Gasteiger partial charge is 0.386 e. The van der Waals surface area contributed by atoms with E-state index in [9.17, 15) is 38.0 Å². The van der Waals surface area contributed by atoms with Crippen molar-refractivity contribution in [2.24, 2.45) is 11.7 Å². The Kier molecular flexibility index (Phi) is 34.1. The summed E-state index contributed by atoms with van der Waals surface area (Å²) in [5, 5.41) is 8.35. The van der Waals surface area contributed by atoms with E-state index in [-0.39, 0.29) is 23.6 Å². The molecule has 2 aliphatic heterocycles. The quantitative estimate of drug-likeness (QED) is 0.0115. The van der Waals surface area contributed by atoms with Crippen LogP contribution in [0, 0.1) is 5.92 Å². The first-order valence-corrected chi connectivity index (χ1v) is 41.3. The van der Waals surface area contributed by atoms with Crippen molar-refractivity contribution in [3.05, 3.63) is 187 Å². The first kappa shape index (κ1) is 84.7. The molecule has 0 saturated heterocycles. The van der Waals surface area contributed by atoms with Gasteiger partial charge in [-0.25, -0.2) is 9.59 Å². The van der Waals surface area contributed by atoms with Crippen LogP contribution in [0.4, 0.5) is 9.18 Å². The summed E-state index contributed by atoms with van der Waals surface area (Å²) in [6, 6.07) is 36.6. The maximum absolute atomic E-state index is 13.1. The van der Waals surface area contributed by atoms with Crippen LogP contribution in [0.15, 0.2) is 109 Å². The molecule has 13 nitrogen and oxygen atoms in total. The summed E-state index contributed by atoms with van der Waals surface area (Å²) in [5.74, 6) is -0.586. The van der Waals surface area contributed by atoms with E-state index in [2.05, 4.69) is 69.3 Å². The summed E-state index contributed by atoms with van der Waals surface area (Å²) in [6.07, 6.45) is 43.4. The molecule has 0 spiro atoms. The molecular weight excluding hydrogens is 1380 g/mol. The molecular formula is C94H123ClFN5O8. The molecule has 109 heavy (non-hydrogen) atoms. The molecule has 1 unspecified atom stereocenters. The van der Waals surface area contributed by atoms with Crippen LogP contribution in [-0.2, 0) is 56.1 Å². The zero-order chi connectivity index (χ0) is 79.2. The highest BCUT2D eigenvalue weighted by Gasteiger charge is 2.35. The number of cyclic esters (lactones) is 2. The third-order valence-corrected chi connectivity index (χ3v) is 22.8. The predicted octanol–water partition coefficient (Wildman–Crippen LogP) is 22.3. The smallest absolute Gasteiger partial charge is 0.346 e. The van der Waals surface area contributed by atoms with Crippen molar-refractivity contribution in [3.63, 3.8) is 0 Å². The number of nitrogens with zero attached hydrogens (tertiary/aromatic N) is 4. The minimum atomic E-state index is -1.00. The zero-order valence-corrected chi connectivity index (χ0v) is 67.8. The Bertz CT molecular complexity index is 4240. The predicted molar refractivity (Wildman–Crippen MR) is 448 cm³/mol. The second-order valence-electron chi connectivity index (χ2n) is 30.9. The lowest BCUT2D eigenvalue weighted by molar-refractivity contribution is 0.0389. The van der Waals surface area contributed by atoms with E-state index in [1.807, 2.05) is 48.5 Å². The van der Waals surface area contributed by atoms with Gasteiger partial charge in [0.15, 0.2) is 0 Å². The number of amides is 5. The van der Waals surface area contributed by atoms with Crippen molar-refractivity contribution < 1.29 is 44.1 Å². The molecule has 586 valence electrons. The Labute approximate surface area is 656 Å². The van der Waals surface area contributed by atoms with Crippen LogP contribution >= 0.6 is 11.6 Å². The van der Waals surface area contributed by atoms with Gasteiger partial charge in [-0.05, 0) is 203 Å². The van der Waals surface area contributed by atoms with Crippen molar-refractivity contribution in [3.8, 4) is 0 Å². The van der Waals surface area contributed by atoms with Crippen molar-refractivity contribution in [2.75, 3.05) is 62.5 Å². The molecule has 2 heterocycles. The van der Waals surface area contributed by atoms with Crippen LogP contribution in [0.25, 0.3) is 43.1 Å². The minimum absolute atomic E-state index is 0.0663. The number of carbonyl (C=O) groups is 7. The number of benzene rings is 8. The first-order chi connectivity index (χ1) is 53.2. The molecule has 0 aromatic heterocycles. The number of carbonyl (C=O) groups excluding carboxylic acids is 7. The number of hydrogen-bond acceptors (Lipinski definition) is 9. The fourth-order valence-electron chi connectivity index (χ4n) is 16.4. The van der Waals surface area contributed by atoms with Gasteiger partial charge in [-0.3, -0.25) is 33.3 Å². The number of imide groups is 1. The van der Waals surface area contributed by atoms with Gasteiger partial charge in [-0.2, -0.15) is 0 Å². The Morgan fingerprint density at radius 2 is 0.706 bits per heavy atom. The summed E-state index contributed by atoms with van der Waals surface area (Å²) in [4.78, 5) is 90.5. The maximum Gasteiger partial charge on any atom is 0.346 e. The molecule has 2 N–H and O–H groups in total. The van der Waals surface area contributed by atoms with Crippen molar-refractivity contribution in [1.82, 2.24) is 19.6 Å². The molecule has 0 radical (unpaired) electrons. The molecule has 5 amide bonds. The molecule has 6 aliphatic rings. The zero-order valence-electron chi connectivity index (χ0n) is 68.0. The average molecular weight is 1510 g/mol. The number of alkyl halides is 1. The summed E-state index contributed by atoms with van der Waals surface area (Å²) in [6.45, 7) is 8.27. The van der Waals surface area contributed by atoms with Crippen molar-refractivity contribution >= 4 is 95.6 Å². The molecule has 8 aromatic rings. The molecule has 15 heteroatoms. The molecule has 0 fully saturated rings. The highest BCUT2D eigenvalue weighted by Crippen LogP contribution is 2.41. The van der Waals surface area contributed by atoms with Gasteiger partial charge in [-0.1, -0.05) is 241 Å². The molecule has 0 saturated carbocycles. The van der Waals surface area contributed by atoms with Crippen LogP contribution in [0.5, 0.6) is 0 Å². The second-order valence-corrected chi connectivity index (χ2v) is 31.2. The summed E-state index contributed by atoms with van der Waals surface area (Å²) >= 11 is 4.90. The van der Waals surface area contributed by atoms with Gasteiger partial charge < -0.3 is 25.2 Å². The summed E-state index contributed by atoms with van der Waals surface area (Å²) in [5.41, 5.74) is 20.1. The standard InChI is InChI=1S/C30H41NO2.C18H20N2O2.C16H35N.C14H8O3.C12H10.C3H6ClNO.CH3F/c1-2-3-4-5-6-7-8-9-10-11-12-13-14-15-22-31-29(32)25-20-18-23-16-17-24-19-21-26(30(31)33)28(25)27(23)24;1-19(2)17(21)13-9-7-11-5-6-12-8-10-14(16(13)15(11)12)18(22)20(3)4;1-3-5-7-9-10-12-14-16(15-17)13-11-8-6-4-2;15-13-9-5-3-7-1-2-8-4-6-10(14(16)17-13)12(9)11(7)8;1-3-9-4-2-6-11-8-7-10(5-1)12(9)11;1-5(2)3(4)6;1-2/h18-21H,2-17,22H2,1H3;7-10H,5-6H2,1-4H3;16H,3-15,17H2,1-2H3;3-6H,1-2H2;1-6H,7-8H2;1-2H3;1H3/i;;;;;;1D. The Hall–Kier alpha value is -8.33. The average Bonchev–Trinajstić information content (AvgIpc) is 1.39. The molecule has 8 aromatic carbocycles. The first-order valence-electron chi connectivity index (χ1n) is 41.7. The van der Waals surface area contributed by atoms with Gasteiger partial charge in [-0.15, -0.1) is 0 Å². The summed E-state index contributed by atoms with van der Waals surface area (Å²) < 4.78 is 20.2. The Morgan fingerprint density at radius 1 is 0.413 bits per heavy atom. The molecule has 4 aliphatic carbocycles. The number of unbranched alkanes of at least 4 members (excludes halogenated alkanes) is 21. The van der Waals surface area contributed by atoms with Gasteiger partial charge in [0.05, 0.1) is 19.7 Å². The van der Waals surface area contributed by atoms with Crippen LogP contribution in [-0.4, -0.2) is 123 Å². The van der Waals surface area contributed by atoms with E-state index in [4.69, 9.17) is 23.4 Å². The number of aryl methyl sites for hydroxylation is 8. The summed E-state index contributed by atoms with van der Waals surface area (Å²) in [7, 11) is 9.13. The van der Waals surface area contributed by atoms with Gasteiger partial charge >= 0.3 is 17.3 Å². The number of nitrogens with two attached hydrogens (primary N) is 1. The highest BCUT2D eigenvalue weighted by molar-refractivity contribution is 6.62. The van der Waals surface area contributed by atoms with Crippen LogP contribution in [0.3, 0.4) is 0 Å². The van der Waals surface area contributed by atoms with Crippen LogP contribution < -0.4 is 5.73 Å². The van der Waals surface area contributed by atoms with Gasteiger partial charge in [0.25, 0.3) is 23.6 Å². The third kappa shape index (κ3) is 22.5. The topological polar surface area (TPSA) is 168 Å². The van der Waals surface area contributed by atoms with E-state index in [0.29, 0.717) is 28.8 Å². The maximum atomic E-state index is 13.1. The van der Waals surface area contributed by atoms with E-state index >= 15 is 0 Å². The highest BCUT2D eigenvalue weighted by atomic mass is 35.5. The number of esters is 2. The van der Waals surface area contributed by atoms with Crippen molar-refractivity contribution in [1.29, 1.82) is 0 Å². The monoisotopic (exact) mass is 1500 g/mol. The van der Waals surface area contributed by atoms with Crippen LogP contribution in [0.2, 0.25) is 0 Å². The third-order valence-electron chi connectivity index (χ3n) is 22.4. The lowest BCUT2D eigenvalue weighted by Crippen LogP contribution is -2.40. The Balaban J connectivity index is 0.000000174. The fraction of sp³-hybridized carbons (Fsp3) is 0.500. The SMILES string of the molecule is CCCCCCCCC(CN)CCCCCC.CCCCCCCCCCCCCCCCN1C(=O)c2ccc3c4c(ccc(c24)C1=O)CC3.CN(C)C(=O)Cl.CN(C)C(=O)c1ccc2c3c(ccc(C(=O)N(C)C)c13)CC2.O=C1OC(=O)c2ccc3c4c(ccc1c24)CC3.[2H]CF.c1cc2c3c(cccc3c1)CC2. The molecule has 1 atom stereocenters. The van der Waals surface area contributed by atoms with Crippen LogP contribution in [0.1, 0.15) is 296 Å². The fourth-order valence-corrected chi connectivity index (χ4v) is 16.4. The van der Waals surface area contributed by atoms with Gasteiger partial charge in [0.2, 0.25) is 0 Å². The van der Waals surface area contributed by atoms with E-state index in [1.54, 1.807) is 64.2 Å².